The molecule has 1 saturated heterocycles. The number of nitrogens with one attached hydrogen (secondary N) is 1. The van der Waals surface area contributed by atoms with E-state index in [2.05, 4.69) is 5.32 Å². The van der Waals surface area contributed by atoms with Gasteiger partial charge < -0.3 is 10.1 Å². The average molecular weight is 267 g/mol. The summed E-state index contributed by atoms with van der Waals surface area (Å²) in [5, 5.41) is 3.21. The smallest absolute Gasteiger partial charge is 0.378 e. The van der Waals surface area contributed by atoms with Crippen molar-refractivity contribution in [3.63, 3.8) is 0 Å². The lowest BCUT2D eigenvalue weighted by molar-refractivity contribution is -0.136. The van der Waals surface area contributed by atoms with Crippen LogP contribution in [-0.4, -0.2) is 31.5 Å². The molecule has 1 aliphatic rings. The number of hydrogen-bond acceptors (Lipinski definition) is 2. The maximum Gasteiger partial charge on any atom is 0.389 e. The summed E-state index contributed by atoms with van der Waals surface area (Å²) in [6.45, 7) is 3.61. The zero-order valence-electron chi connectivity index (χ0n) is 11.1. The van der Waals surface area contributed by atoms with E-state index in [-0.39, 0.29) is 18.6 Å². The van der Waals surface area contributed by atoms with Crippen LogP contribution in [0, 0.1) is 0 Å². The van der Waals surface area contributed by atoms with Gasteiger partial charge in [0.1, 0.15) is 0 Å². The largest absolute Gasteiger partial charge is 0.389 e. The van der Waals surface area contributed by atoms with Gasteiger partial charge in [-0.25, -0.2) is 0 Å². The zero-order valence-corrected chi connectivity index (χ0v) is 11.1. The SMILES string of the molecule is CCCNC(CCC1CCCO1)CCC(F)(F)F. The fourth-order valence-corrected chi connectivity index (χ4v) is 2.29. The van der Waals surface area contributed by atoms with Gasteiger partial charge in [-0.2, -0.15) is 13.2 Å². The summed E-state index contributed by atoms with van der Waals surface area (Å²) in [5.74, 6) is 0. The molecule has 1 fully saturated rings. The Bertz CT molecular complexity index is 215. The number of hydrogen-bond donors (Lipinski definition) is 1. The summed E-state index contributed by atoms with van der Waals surface area (Å²) >= 11 is 0. The monoisotopic (exact) mass is 267 g/mol. The Kier molecular flexibility index (Phi) is 7.00. The lowest BCUT2D eigenvalue weighted by atomic mass is 10.0. The van der Waals surface area contributed by atoms with Crippen molar-refractivity contribution in [2.45, 2.75) is 70.2 Å². The number of ether oxygens (including phenoxy) is 1. The summed E-state index contributed by atoms with van der Waals surface area (Å²) in [5.41, 5.74) is 0. The molecule has 0 aromatic heterocycles. The minimum absolute atomic E-state index is 0.0317. The Hall–Kier alpha value is -0.290. The third-order valence-electron chi connectivity index (χ3n) is 3.32. The molecule has 1 N–H and O–H groups in total. The topological polar surface area (TPSA) is 21.3 Å². The van der Waals surface area contributed by atoms with Crippen LogP contribution < -0.4 is 5.32 Å². The van der Waals surface area contributed by atoms with Crippen molar-refractivity contribution in [1.29, 1.82) is 0 Å². The van der Waals surface area contributed by atoms with Gasteiger partial charge in [0.2, 0.25) is 0 Å². The first-order valence-corrected chi connectivity index (χ1v) is 6.93. The third-order valence-corrected chi connectivity index (χ3v) is 3.32. The van der Waals surface area contributed by atoms with Crippen molar-refractivity contribution in [3.05, 3.63) is 0 Å². The summed E-state index contributed by atoms with van der Waals surface area (Å²) in [6, 6.07) is -0.0317. The molecule has 0 saturated carbocycles. The summed E-state index contributed by atoms with van der Waals surface area (Å²) in [6.07, 6.45) is 0.441. The van der Waals surface area contributed by atoms with Crippen LogP contribution in [0.4, 0.5) is 13.2 Å². The van der Waals surface area contributed by atoms with Gasteiger partial charge in [-0.1, -0.05) is 6.92 Å². The molecule has 0 bridgehead atoms. The Balaban J connectivity index is 2.24. The Morgan fingerprint density at radius 1 is 1.33 bits per heavy atom. The van der Waals surface area contributed by atoms with E-state index in [1.54, 1.807) is 0 Å². The van der Waals surface area contributed by atoms with Gasteiger partial charge in [-0.05, 0) is 45.1 Å². The van der Waals surface area contributed by atoms with Gasteiger partial charge in [-0.15, -0.1) is 0 Å². The van der Waals surface area contributed by atoms with Gasteiger partial charge >= 0.3 is 6.18 Å². The number of rotatable bonds is 8. The predicted octanol–water partition coefficient (Wildman–Crippen LogP) is 3.66. The number of alkyl halides is 3. The Morgan fingerprint density at radius 2 is 2.11 bits per heavy atom. The first-order chi connectivity index (χ1) is 8.51. The van der Waals surface area contributed by atoms with E-state index >= 15 is 0 Å². The van der Waals surface area contributed by atoms with E-state index < -0.39 is 12.6 Å². The van der Waals surface area contributed by atoms with Crippen LogP contribution in [0.15, 0.2) is 0 Å². The lowest BCUT2D eigenvalue weighted by Crippen LogP contribution is -2.32. The second-order valence-electron chi connectivity index (χ2n) is 5.02. The molecule has 0 aromatic rings. The molecule has 1 rings (SSSR count). The maximum absolute atomic E-state index is 12.2. The van der Waals surface area contributed by atoms with Crippen LogP contribution >= 0.6 is 0 Å². The van der Waals surface area contributed by atoms with Crippen molar-refractivity contribution in [3.8, 4) is 0 Å². The Labute approximate surface area is 107 Å². The standard InChI is InChI=1S/C13H24F3NO/c1-2-9-17-11(7-8-13(14,15)16)5-6-12-4-3-10-18-12/h11-12,17H,2-10H2,1H3. The highest BCUT2D eigenvalue weighted by molar-refractivity contribution is 4.73. The highest BCUT2D eigenvalue weighted by Gasteiger charge is 2.28. The molecule has 1 aliphatic heterocycles. The molecule has 0 spiro atoms. The van der Waals surface area contributed by atoms with E-state index in [1.165, 1.54) is 0 Å². The quantitative estimate of drug-likeness (QED) is 0.724. The van der Waals surface area contributed by atoms with Gasteiger partial charge in [0.05, 0.1) is 6.10 Å². The van der Waals surface area contributed by atoms with Gasteiger partial charge in [0.25, 0.3) is 0 Å². The van der Waals surface area contributed by atoms with Crippen LogP contribution in [0.25, 0.3) is 0 Å². The predicted molar refractivity (Wildman–Crippen MR) is 65.6 cm³/mol. The van der Waals surface area contributed by atoms with Crippen molar-refractivity contribution in [2.24, 2.45) is 0 Å². The lowest BCUT2D eigenvalue weighted by Gasteiger charge is -2.20. The van der Waals surface area contributed by atoms with Crippen LogP contribution in [-0.2, 0) is 4.74 Å². The van der Waals surface area contributed by atoms with E-state index in [9.17, 15) is 13.2 Å². The van der Waals surface area contributed by atoms with Crippen LogP contribution in [0.2, 0.25) is 0 Å². The second kappa shape index (κ2) is 8.00. The molecule has 2 nitrogen and oxygen atoms in total. The molecular formula is C13H24F3NO. The third kappa shape index (κ3) is 7.21. The number of halogens is 3. The van der Waals surface area contributed by atoms with E-state index in [4.69, 9.17) is 4.74 Å². The fourth-order valence-electron chi connectivity index (χ4n) is 2.29. The molecule has 2 atom stereocenters. The molecule has 108 valence electrons. The van der Waals surface area contributed by atoms with Crippen LogP contribution in [0.3, 0.4) is 0 Å². The van der Waals surface area contributed by atoms with E-state index in [1.807, 2.05) is 6.92 Å². The molecule has 0 aromatic carbocycles. The first kappa shape index (κ1) is 15.8. The highest BCUT2D eigenvalue weighted by atomic mass is 19.4. The minimum Gasteiger partial charge on any atom is -0.378 e. The van der Waals surface area contributed by atoms with E-state index in [0.717, 1.165) is 45.3 Å². The summed E-state index contributed by atoms with van der Waals surface area (Å²) in [4.78, 5) is 0. The summed E-state index contributed by atoms with van der Waals surface area (Å²) < 4.78 is 42.2. The molecule has 18 heavy (non-hydrogen) atoms. The highest BCUT2D eigenvalue weighted by Crippen LogP contribution is 2.24. The summed E-state index contributed by atoms with van der Waals surface area (Å²) in [7, 11) is 0. The molecule has 0 aliphatic carbocycles. The van der Waals surface area contributed by atoms with Crippen LogP contribution in [0.1, 0.15) is 51.9 Å². The molecule has 1 heterocycles. The normalized spacial score (nSPS) is 22.3. The van der Waals surface area contributed by atoms with Crippen molar-refractivity contribution >= 4 is 0 Å². The van der Waals surface area contributed by atoms with Crippen molar-refractivity contribution in [1.82, 2.24) is 5.32 Å². The molecule has 0 amide bonds. The van der Waals surface area contributed by atoms with E-state index in [0.29, 0.717) is 0 Å². The molecule has 2 unspecified atom stereocenters. The second-order valence-corrected chi connectivity index (χ2v) is 5.02. The van der Waals surface area contributed by atoms with Gasteiger partial charge in [-0.3, -0.25) is 0 Å². The van der Waals surface area contributed by atoms with Gasteiger partial charge in [0, 0.05) is 19.1 Å². The minimum atomic E-state index is -4.05. The van der Waals surface area contributed by atoms with Gasteiger partial charge in [0.15, 0.2) is 0 Å². The maximum atomic E-state index is 12.2. The molecular weight excluding hydrogens is 243 g/mol. The van der Waals surface area contributed by atoms with Crippen LogP contribution in [0.5, 0.6) is 0 Å². The van der Waals surface area contributed by atoms with Crippen molar-refractivity contribution in [2.75, 3.05) is 13.2 Å². The zero-order chi connectivity index (χ0) is 13.4. The first-order valence-electron chi connectivity index (χ1n) is 6.93. The Morgan fingerprint density at radius 3 is 2.67 bits per heavy atom. The molecule has 0 radical (unpaired) electrons. The molecule has 5 heteroatoms. The fraction of sp³-hybridized carbons (Fsp3) is 1.00. The van der Waals surface area contributed by atoms with Crippen molar-refractivity contribution < 1.29 is 17.9 Å². The average Bonchev–Trinajstić information content (AvgIpc) is 2.79.